The summed E-state index contributed by atoms with van der Waals surface area (Å²) in [5.41, 5.74) is 3.02. The van der Waals surface area contributed by atoms with Crippen LogP contribution >= 0.6 is 0 Å². The lowest BCUT2D eigenvalue weighted by molar-refractivity contribution is -0.131. The molecule has 6 nitrogen and oxygen atoms in total. The molecule has 7 heteroatoms. The number of likely N-dealkylation sites (tertiary alicyclic amines) is 1. The first-order chi connectivity index (χ1) is 10.7. The van der Waals surface area contributed by atoms with Crippen LogP contribution in [0.2, 0.25) is 0 Å². The number of hydrogen-bond acceptors (Lipinski definition) is 4. The molecule has 0 saturated carbocycles. The molecule has 23 heavy (non-hydrogen) atoms. The summed E-state index contributed by atoms with van der Waals surface area (Å²) in [7, 11) is -1.49. The monoisotopic (exact) mass is 341 g/mol. The maximum atomic E-state index is 12.8. The van der Waals surface area contributed by atoms with E-state index in [0.717, 1.165) is 29.8 Å². The molecule has 1 aliphatic heterocycles. The van der Waals surface area contributed by atoms with E-state index in [1.54, 1.807) is 4.90 Å². The molecule has 1 saturated heterocycles. The maximum Gasteiger partial charge on any atom is 0.241 e. The summed E-state index contributed by atoms with van der Waals surface area (Å²) in [5, 5.41) is 3.46. The van der Waals surface area contributed by atoms with E-state index in [9.17, 15) is 13.2 Å². The molecule has 130 valence electrons. The summed E-state index contributed by atoms with van der Waals surface area (Å²) in [6.45, 7) is 7.89. The second-order valence-electron chi connectivity index (χ2n) is 6.41. The minimum absolute atomic E-state index is 0.0589. The molecule has 0 aromatic carbocycles. The highest BCUT2D eigenvalue weighted by Gasteiger charge is 2.38. The molecule has 1 aromatic heterocycles. The van der Waals surface area contributed by atoms with Crippen molar-refractivity contribution < 1.29 is 13.2 Å². The fraction of sp³-hybridized carbons (Fsp3) is 0.750. The lowest BCUT2D eigenvalue weighted by atomic mass is 10.0. The van der Waals surface area contributed by atoms with E-state index in [2.05, 4.69) is 5.10 Å². The average molecular weight is 341 g/mol. The standard InChI is InChI=1S/C16H27N3O3S/c1-6-10-23(21,22)13(4)16(20)19-9-7-8-14(19)15-11(2)17-18(5)12(15)3/h13-14H,6-10H2,1-5H3/t13-,14+/m0/s1. The lowest BCUT2D eigenvalue weighted by Gasteiger charge is -2.28. The van der Waals surface area contributed by atoms with Gasteiger partial charge in [-0.3, -0.25) is 9.48 Å². The Labute approximate surface area is 138 Å². The topological polar surface area (TPSA) is 72.3 Å². The highest BCUT2D eigenvalue weighted by molar-refractivity contribution is 7.92. The van der Waals surface area contributed by atoms with Gasteiger partial charge in [0.25, 0.3) is 0 Å². The first kappa shape index (κ1) is 18.0. The van der Waals surface area contributed by atoms with Crippen LogP contribution in [0.3, 0.4) is 0 Å². The van der Waals surface area contributed by atoms with Crippen LogP contribution in [-0.2, 0) is 21.7 Å². The lowest BCUT2D eigenvalue weighted by Crippen LogP contribution is -2.42. The van der Waals surface area contributed by atoms with E-state index in [-0.39, 0.29) is 17.7 Å². The molecule has 1 aromatic rings. The van der Waals surface area contributed by atoms with Gasteiger partial charge in [0.1, 0.15) is 5.25 Å². The summed E-state index contributed by atoms with van der Waals surface area (Å²) in [5.74, 6) is -0.216. The van der Waals surface area contributed by atoms with Crippen molar-refractivity contribution in [3.05, 3.63) is 17.0 Å². The van der Waals surface area contributed by atoms with Gasteiger partial charge >= 0.3 is 0 Å². The number of rotatable bonds is 5. The highest BCUT2D eigenvalue weighted by Crippen LogP contribution is 2.36. The van der Waals surface area contributed by atoms with Crippen LogP contribution < -0.4 is 0 Å². The Morgan fingerprint density at radius 2 is 2.04 bits per heavy atom. The summed E-state index contributed by atoms with van der Waals surface area (Å²) >= 11 is 0. The van der Waals surface area contributed by atoms with Crippen molar-refractivity contribution in [2.75, 3.05) is 12.3 Å². The maximum absolute atomic E-state index is 12.8. The van der Waals surface area contributed by atoms with Gasteiger partial charge in [-0.05, 0) is 40.0 Å². The van der Waals surface area contributed by atoms with Gasteiger partial charge in [0, 0.05) is 24.8 Å². The number of carbonyl (C=O) groups is 1. The number of aryl methyl sites for hydroxylation is 2. The molecule has 0 spiro atoms. The highest BCUT2D eigenvalue weighted by atomic mass is 32.2. The molecular weight excluding hydrogens is 314 g/mol. The molecule has 0 bridgehead atoms. The predicted octanol–water partition coefficient (Wildman–Crippen LogP) is 1.91. The van der Waals surface area contributed by atoms with Gasteiger partial charge in [-0.1, -0.05) is 6.92 Å². The van der Waals surface area contributed by atoms with Crippen molar-refractivity contribution in [2.24, 2.45) is 7.05 Å². The molecule has 2 rings (SSSR count). The van der Waals surface area contributed by atoms with Crippen molar-refractivity contribution in [1.82, 2.24) is 14.7 Å². The van der Waals surface area contributed by atoms with Crippen LogP contribution in [-0.4, -0.2) is 46.6 Å². The Morgan fingerprint density at radius 1 is 1.39 bits per heavy atom. The number of amides is 1. The molecule has 0 unspecified atom stereocenters. The zero-order valence-electron chi connectivity index (χ0n) is 14.7. The van der Waals surface area contributed by atoms with E-state index >= 15 is 0 Å². The van der Waals surface area contributed by atoms with Crippen LogP contribution in [0.1, 0.15) is 56.1 Å². The summed E-state index contributed by atoms with van der Waals surface area (Å²) in [4.78, 5) is 14.5. The Balaban J connectivity index is 2.30. The largest absolute Gasteiger partial charge is 0.334 e. The van der Waals surface area contributed by atoms with Gasteiger partial charge in [0.2, 0.25) is 5.91 Å². The van der Waals surface area contributed by atoms with E-state index < -0.39 is 15.1 Å². The second kappa shape index (κ2) is 6.63. The molecular formula is C16H27N3O3S. The number of aromatic nitrogens is 2. The van der Waals surface area contributed by atoms with Crippen LogP contribution in [0.5, 0.6) is 0 Å². The van der Waals surface area contributed by atoms with Crippen molar-refractivity contribution in [2.45, 2.75) is 58.2 Å². The first-order valence-corrected chi connectivity index (χ1v) is 9.94. The normalized spacial score (nSPS) is 20.0. The molecule has 0 radical (unpaired) electrons. The zero-order chi connectivity index (χ0) is 17.4. The van der Waals surface area contributed by atoms with E-state index in [1.807, 2.05) is 32.5 Å². The van der Waals surface area contributed by atoms with E-state index in [4.69, 9.17) is 0 Å². The van der Waals surface area contributed by atoms with Crippen molar-refractivity contribution in [3.8, 4) is 0 Å². The third-order valence-corrected chi connectivity index (χ3v) is 7.07. The van der Waals surface area contributed by atoms with Gasteiger partial charge in [-0.25, -0.2) is 8.42 Å². The van der Waals surface area contributed by atoms with Crippen molar-refractivity contribution in [3.63, 3.8) is 0 Å². The minimum Gasteiger partial charge on any atom is -0.334 e. The van der Waals surface area contributed by atoms with Crippen LogP contribution in [0.4, 0.5) is 0 Å². The molecule has 2 atom stereocenters. The summed E-state index contributed by atoms with van der Waals surface area (Å²) in [6.07, 6.45) is 2.29. The smallest absolute Gasteiger partial charge is 0.241 e. The predicted molar refractivity (Wildman–Crippen MR) is 89.9 cm³/mol. The Bertz CT molecular complexity index is 694. The van der Waals surface area contributed by atoms with E-state index in [1.165, 1.54) is 6.92 Å². The SMILES string of the molecule is CCCS(=O)(=O)[C@@H](C)C(=O)N1CCC[C@@H]1c1c(C)nn(C)c1C. The third-order valence-electron chi connectivity index (χ3n) is 4.81. The van der Waals surface area contributed by atoms with Crippen LogP contribution in [0.15, 0.2) is 0 Å². The number of nitrogens with zero attached hydrogens (tertiary/aromatic N) is 3. The van der Waals surface area contributed by atoms with Gasteiger partial charge in [-0.2, -0.15) is 5.10 Å². The number of sulfone groups is 1. The molecule has 2 heterocycles. The second-order valence-corrected chi connectivity index (χ2v) is 8.85. The third kappa shape index (κ3) is 3.29. The number of carbonyl (C=O) groups excluding carboxylic acids is 1. The van der Waals surface area contributed by atoms with Gasteiger partial charge in [0.15, 0.2) is 9.84 Å². The Kier molecular flexibility index (Phi) is 5.18. The molecule has 0 N–H and O–H groups in total. The van der Waals surface area contributed by atoms with Crippen molar-refractivity contribution in [1.29, 1.82) is 0 Å². The Hall–Kier alpha value is -1.37. The average Bonchev–Trinajstić information content (AvgIpc) is 3.03. The van der Waals surface area contributed by atoms with Gasteiger partial charge < -0.3 is 4.90 Å². The quantitative estimate of drug-likeness (QED) is 0.820. The fourth-order valence-electron chi connectivity index (χ4n) is 3.45. The fourth-order valence-corrected chi connectivity index (χ4v) is 4.82. The first-order valence-electron chi connectivity index (χ1n) is 8.22. The Morgan fingerprint density at radius 3 is 2.57 bits per heavy atom. The summed E-state index contributed by atoms with van der Waals surface area (Å²) < 4.78 is 26.3. The van der Waals surface area contributed by atoms with Gasteiger partial charge in [0.05, 0.1) is 17.5 Å². The molecule has 1 amide bonds. The van der Waals surface area contributed by atoms with E-state index in [0.29, 0.717) is 13.0 Å². The van der Waals surface area contributed by atoms with Crippen LogP contribution in [0, 0.1) is 13.8 Å². The molecule has 1 aliphatic rings. The van der Waals surface area contributed by atoms with Gasteiger partial charge in [-0.15, -0.1) is 0 Å². The van der Waals surface area contributed by atoms with Crippen LogP contribution in [0.25, 0.3) is 0 Å². The molecule has 1 fully saturated rings. The summed E-state index contributed by atoms with van der Waals surface area (Å²) in [6, 6.07) is -0.0597. The minimum atomic E-state index is -3.38. The van der Waals surface area contributed by atoms with Crippen molar-refractivity contribution >= 4 is 15.7 Å². The zero-order valence-corrected chi connectivity index (χ0v) is 15.5. The number of hydrogen-bond donors (Lipinski definition) is 0. The molecule has 0 aliphatic carbocycles.